The fourth-order valence-corrected chi connectivity index (χ4v) is 2.21. The number of carbonyl (C=O) groups excluding carboxylic acids is 1. The number of rotatable bonds is 4. The normalized spacial score (nSPS) is 19.2. The molecule has 1 unspecified atom stereocenters. The van der Waals surface area contributed by atoms with E-state index in [2.05, 4.69) is 10.3 Å². The Labute approximate surface area is 102 Å². The highest BCUT2D eigenvalue weighted by atomic mass is 16.2. The molecule has 92 valence electrons. The molecular weight excluding hydrogens is 214 g/mol. The Morgan fingerprint density at radius 3 is 2.88 bits per heavy atom. The first kappa shape index (κ1) is 12.0. The van der Waals surface area contributed by atoms with E-state index in [1.165, 1.54) is 12.8 Å². The maximum Gasteiger partial charge on any atom is 0.254 e. The van der Waals surface area contributed by atoms with Gasteiger partial charge in [0.25, 0.3) is 5.91 Å². The van der Waals surface area contributed by atoms with Gasteiger partial charge >= 0.3 is 0 Å². The van der Waals surface area contributed by atoms with Gasteiger partial charge in [-0.3, -0.25) is 9.78 Å². The Morgan fingerprint density at radius 2 is 2.29 bits per heavy atom. The lowest BCUT2D eigenvalue weighted by atomic mass is 10.2. The number of pyridine rings is 1. The second kappa shape index (κ2) is 5.77. The third kappa shape index (κ3) is 3.03. The highest BCUT2D eigenvalue weighted by molar-refractivity contribution is 5.94. The van der Waals surface area contributed by atoms with Gasteiger partial charge in [0.2, 0.25) is 0 Å². The number of amides is 1. The average molecular weight is 233 g/mol. The van der Waals surface area contributed by atoms with Crippen LogP contribution in [0.4, 0.5) is 0 Å². The zero-order valence-corrected chi connectivity index (χ0v) is 10.2. The van der Waals surface area contributed by atoms with Crippen molar-refractivity contribution in [3.63, 3.8) is 0 Å². The first-order valence-electron chi connectivity index (χ1n) is 6.24. The molecule has 2 heterocycles. The third-order valence-corrected chi connectivity index (χ3v) is 3.20. The third-order valence-electron chi connectivity index (χ3n) is 3.20. The van der Waals surface area contributed by atoms with Gasteiger partial charge in [0.15, 0.2) is 0 Å². The van der Waals surface area contributed by atoms with Gasteiger partial charge < -0.3 is 10.2 Å². The van der Waals surface area contributed by atoms with Crippen LogP contribution in [0.1, 0.15) is 30.1 Å². The smallest absolute Gasteiger partial charge is 0.254 e. The summed E-state index contributed by atoms with van der Waals surface area (Å²) in [6, 6.07) is 4.00. The van der Waals surface area contributed by atoms with Crippen molar-refractivity contribution in [1.29, 1.82) is 0 Å². The molecule has 1 amide bonds. The van der Waals surface area contributed by atoms with E-state index in [-0.39, 0.29) is 5.91 Å². The minimum Gasteiger partial charge on any atom is -0.337 e. The van der Waals surface area contributed by atoms with E-state index in [1.54, 1.807) is 24.5 Å². The van der Waals surface area contributed by atoms with Gasteiger partial charge in [-0.2, -0.15) is 0 Å². The Morgan fingerprint density at radius 1 is 1.53 bits per heavy atom. The van der Waals surface area contributed by atoms with Crippen molar-refractivity contribution in [2.75, 3.05) is 19.6 Å². The number of hydrogen-bond acceptors (Lipinski definition) is 3. The molecule has 0 aromatic carbocycles. The lowest BCUT2D eigenvalue weighted by Gasteiger charge is -2.24. The molecule has 2 rings (SSSR count). The van der Waals surface area contributed by atoms with Crippen molar-refractivity contribution < 1.29 is 4.79 Å². The topological polar surface area (TPSA) is 45.2 Å². The number of nitrogens with zero attached hydrogens (tertiary/aromatic N) is 2. The first-order chi connectivity index (χ1) is 8.31. The summed E-state index contributed by atoms with van der Waals surface area (Å²) in [5, 5.41) is 3.42. The highest BCUT2D eigenvalue weighted by Crippen LogP contribution is 2.09. The van der Waals surface area contributed by atoms with E-state index >= 15 is 0 Å². The molecule has 4 heteroatoms. The van der Waals surface area contributed by atoms with Crippen molar-refractivity contribution >= 4 is 5.91 Å². The van der Waals surface area contributed by atoms with Crippen LogP contribution in [0.15, 0.2) is 24.5 Å². The fraction of sp³-hybridized carbons (Fsp3) is 0.538. The first-order valence-corrected chi connectivity index (χ1v) is 6.24. The van der Waals surface area contributed by atoms with Crippen LogP contribution >= 0.6 is 0 Å². The number of carbonyl (C=O) groups is 1. The second-order valence-corrected chi connectivity index (χ2v) is 4.37. The molecule has 0 radical (unpaired) electrons. The standard InChI is InChI=1S/C13H19N3O/c1-2-16(10-12-4-3-7-15-12)13(17)11-5-8-14-9-6-11/h5-6,8-9,12,15H,2-4,7,10H2,1H3. The largest absolute Gasteiger partial charge is 0.337 e. The van der Waals surface area contributed by atoms with Gasteiger partial charge in [0.1, 0.15) is 0 Å². The van der Waals surface area contributed by atoms with Gasteiger partial charge in [0.05, 0.1) is 0 Å². The van der Waals surface area contributed by atoms with Gasteiger partial charge in [-0.15, -0.1) is 0 Å². The average Bonchev–Trinajstić information content (AvgIpc) is 2.89. The van der Waals surface area contributed by atoms with E-state index in [0.29, 0.717) is 6.04 Å². The summed E-state index contributed by atoms with van der Waals surface area (Å²) in [5.41, 5.74) is 0.722. The van der Waals surface area contributed by atoms with Crippen molar-refractivity contribution in [2.24, 2.45) is 0 Å². The fourth-order valence-electron chi connectivity index (χ4n) is 2.21. The molecule has 1 aromatic rings. The Kier molecular flexibility index (Phi) is 4.09. The van der Waals surface area contributed by atoms with Crippen LogP contribution in [0.2, 0.25) is 0 Å². The molecule has 1 N–H and O–H groups in total. The maximum absolute atomic E-state index is 12.2. The maximum atomic E-state index is 12.2. The molecule has 1 atom stereocenters. The van der Waals surface area contributed by atoms with Crippen molar-refractivity contribution in [1.82, 2.24) is 15.2 Å². The lowest BCUT2D eigenvalue weighted by Crippen LogP contribution is -2.41. The highest BCUT2D eigenvalue weighted by Gasteiger charge is 2.21. The summed E-state index contributed by atoms with van der Waals surface area (Å²) >= 11 is 0. The lowest BCUT2D eigenvalue weighted by molar-refractivity contribution is 0.0751. The minimum atomic E-state index is 0.101. The van der Waals surface area contributed by atoms with E-state index < -0.39 is 0 Å². The number of likely N-dealkylation sites (N-methyl/N-ethyl adjacent to an activating group) is 1. The molecule has 0 spiro atoms. The quantitative estimate of drug-likeness (QED) is 0.852. The number of aromatic nitrogens is 1. The van der Waals surface area contributed by atoms with E-state index in [9.17, 15) is 4.79 Å². The van der Waals surface area contributed by atoms with Gasteiger partial charge in [0, 0.05) is 37.1 Å². The van der Waals surface area contributed by atoms with Crippen LogP contribution < -0.4 is 5.32 Å². The molecule has 1 aliphatic rings. The van der Waals surface area contributed by atoms with E-state index in [4.69, 9.17) is 0 Å². The molecular formula is C13H19N3O. The Hall–Kier alpha value is -1.42. The van der Waals surface area contributed by atoms with Crippen LogP contribution in [0.25, 0.3) is 0 Å². The summed E-state index contributed by atoms with van der Waals surface area (Å²) in [7, 11) is 0. The molecule has 0 aliphatic carbocycles. The monoisotopic (exact) mass is 233 g/mol. The number of nitrogens with one attached hydrogen (secondary N) is 1. The molecule has 1 fully saturated rings. The number of hydrogen-bond donors (Lipinski definition) is 1. The van der Waals surface area contributed by atoms with Crippen LogP contribution in [-0.4, -0.2) is 41.5 Å². The van der Waals surface area contributed by atoms with E-state index in [1.807, 2.05) is 11.8 Å². The zero-order valence-electron chi connectivity index (χ0n) is 10.2. The van der Waals surface area contributed by atoms with Crippen LogP contribution in [0.3, 0.4) is 0 Å². The molecule has 0 saturated carbocycles. The van der Waals surface area contributed by atoms with Crippen molar-refractivity contribution in [2.45, 2.75) is 25.8 Å². The second-order valence-electron chi connectivity index (χ2n) is 4.37. The Balaban J connectivity index is 2.00. The predicted octanol–water partition coefficient (Wildman–Crippen LogP) is 1.30. The zero-order chi connectivity index (χ0) is 12.1. The molecule has 4 nitrogen and oxygen atoms in total. The summed E-state index contributed by atoms with van der Waals surface area (Å²) in [6.45, 7) is 4.65. The summed E-state index contributed by atoms with van der Waals surface area (Å²) in [6.07, 6.45) is 5.70. The SMILES string of the molecule is CCN(CC1CCCN1)C(=O)c1ccncc1. The van der Waals surface area contributed by atoms with Crippen molar-refractivity contribution in [3.8, 4) is 0 Å². The molecule has 0 bridgehead atoms. The predicted molar refractivity (Wildman–Crippen MR) is 66.8 cm³/mol. The van der Waals surface area contributed by atoms with Crippen LogP contribution in [-0.2, 0) is 0 Å². The van der Waals surface area contributed by atoms with Gasteiger partial charge in [-0.1, -0.05) is 0 Å². The van der Waals surface area contributed by atoms with Crippen molar-refractivity contribution in [3.05, 3.63) is 30.1 Å². The van der Waals surface area contributed by atoms with Gasteiger partial charge in [-0.05, 0) is 38.4 Å². The minimum absolute atomic E-state index is 0.101. The van der Waals surface area contributed by atoms with Crippen LogP contribution in [0, 0.1) is 0 Å². The summed E-state index contributed by atoms with van der Waals surface area (Å²) < 4.78 is 0. The molecule has 1 aliphatic heterocycles. The molecule has 1 aromatic heterocycles. The van der Waals surface area contributed by atoms with E-state index in [0.717, 1.165) is 25.2 Å². The van der Waals surface area contributed by atoms with Crippen LogP contribution in [0.5, 0.6) is 0 Å². The summed E-state index contributed by atoms with van der Waals surface area (Å²) in [5.74, 6) is 0.101. The molecule has 1 saturated heterocycles. The van der Waals surface area contributed by atoms with Gasteiger partial charge in [-0.25, -0.2) is 0 Å². The summed E-state index contributed by atoms with van der Waals surface area (Å²) in [4.78, 5) is 18.1. The molecule has 17 heavy (non-hydrogen) atoms. The Bertz CT molecular complexity index is 360.